The van der Waals surface area contributed by atoms with Crippen molar-refractivity contribution in [1.29, 1.82) is 0 Å². The Morgan fingerprint density at radius 2 is 1.09 bits per heavy atom. The van der Waals surface area contributed by atoms with Gasteiger partial charge < -0.3 is 39.3 Å². The fourth-order valence-electron chi connectivity index (χ4n) is 2.54. The number of carbonyl (C=O) groups is 2. The zero-order valence-corrected chi connectivity index (χ0v) is 19.6. The molecule has 0 aromatic rings. The standard InChI is InChI=1S/C22H43NO9/c1-2-27-10-11-29-14-15-31-18-19-32-17-16-30-13-12-28-9-8-20(24)6-4-3-5-7-21(23)22(25)26/h21H,2-19,23H2,1H3,(H,25,26)/t21-/m0/s1. The molecule has 3 N–H and O–H groups in total. The van der Waals surface area contributed by atoms with Gasteiger partial charge in [0, 0.05) is 19.4 Å². The quantitative estimate of drug-likeness (QED) is 0.181. The van der Waals surface area contributed by atoms with Gasteiger partial charge in [-0.15, -0.1) is 0 Å². The first-order chi connectivity index (χ1) is 15.6. The lowest BCUT2D eigenvalue weighted by Gasteiger charge is -2.08. The first-order valence-electron chi connectivity index (χ1n) is 11.5. The molecule has 0 saturated carbocycles. The number of carboxylic acids is 1. The number of hydrogen-bond acceptors (Lipinski definition) is 9. The average molecular weight is 466 g/mol. The maximum Gasteiger partial charge on any atom is 0.320 e. The fraction of sp³-hybridized carbons (Fsp3) is 0.909. The van der Waals surface area contributed by atoms with Crippen LogP contribution in [0.5, 0.6) is 0 Å². The number of unbranched alkanes of at least 4 members (excludes halogenated alkanes) is 2. The van der Waals surface area contributed by atoms with Crippen LogP contribution in [-0.4, -0.2) is 102 Å². The molecule has 0 aliphatic rings. The van der Waals surface area contributed by atoms with Crippen LogP contribution in [0.3, 0.4) is 0 Å². The molecule has 1 atom stereocenters. The molecular weight excluding hydrogens is 422 g/mol. The van der Waals surface area contributed by atoms with E-state index in [1.807, 2.05) is 6.92 Å². The highest BCUT2D eigenvalue weighted by Crippen LogP contribution is 2.06. The molecule has 0 rings (SSSR count). The zero-order chi connectivity index (χ0) is 23.7. The lowest BCUT2D eigenvalue weighted by Crippen LogP contribution is -2.29. The second-order valence-corrected chi connectivity index (χ2v) is 7.09. The highest BCUT2D eigenvalue weighted by Gasteiger charge is 2.10. The van der Waals surface area contributed by atoms with Gasteiger partial charge in [-0.05, 0) is 19.8 Å². The summed E-state index contributed by atoms with van der Waals surface area (Å²) in [5.41, 5.74) is 5.43. The normalized spacial score (nSPS) is 12.2. The number of ether oxygens (including phenoxy) is 6. The maximum atomic E-state index is 11.8. The highest BCUT2D eigenvalue weighted by atomic mass is 16.6. The number of nitrogens with two attached hydrogens (primary N) is 1. The van der Waals surface area contributed by atoms with E-state index in [0.717, 1.165) is 19.3 Å². The molecule has 190 valence electrons. The summed E-state index contributed by atoms with van der Waals surface area (Å²) in [5.74, 6) is -0.827. The van der Waals surface area contributed by atoms with Crippen molar-refractivity contribution in [2.45, 2.75) is 51.5 Å². The Balaban J connectivity index is 3.18. The van der Waals surface area contributed by atoms with Crippen molar-refractivity contribution in [3.05, 3.63) is 0 Å². The van der Waals surface area contributed by atoms with E-state index in [4.69, 9.17) is 39.3 Å². The van der Waals surface area contributed by atoms with Gasteiger partial charge in [-0.25, -0.2) is 0 Å². The van der Waals surface area contributed by atoms with Crippen molar-refractivity contribution in [3.63, 3.8) is 0 Å². The summed E-state index contributed by atoms with van der Waals surface area (Å²) in [6.07, 6.45) is 3.59. The van der Waals surface area contributed by atoms with Crippen molar-refractivity contribution < 1.29 is 43.1 Å². The van der Waals surface area contributed by atoms with Crippen molar-refractivity contribution in [2.75, 3.05) is 79.3 Å². The molecule has 0 saturated heterocycles. The van der Waals surface area contributed by atoms with Crippen LogP contribution < -0.4 is 5.73 Å². The molecule has 0 aliphatic carbocycles. The number of carbonyl (C=O) groups excluding carboxylic acids is 1. The molecule has 0 aromatic carbocycles. The fourth-order valence-corrected chi connectivity index (χ4v) is 2.54. The molecular formula is C22H43NO9. The summed E-state index contributed by atoms with van der Waals surface area (Å²) in [5, 5.41) is 8.69. The van der Waals surface area contributed by atoms with Crippen LogP contribution in [0, 0.1) is 0 Å². The van der Waals surface area contributed by atoms with Crippen molar-refractivity contribution in [3.8, 4) is 0 Å². The number of carboxylic acid groups (broad SMARTS) is 1. The first kappa shape index (κ1) is 30.9. The third-order valence-corrected chi connectivity index (χ3v) is 4.38. The van der Waals surface area contributed by atoms with Gasteiger partial charge in [0.15, 0.2) is 0 Å². The number of Topliss-reactive ketones (excluding diaryl/α,β-unsaturated/α-hetero) is 1. The molecule has 0 amide bonds. The van der Waals surface area contributed by atoms with E-state index in [1.54, 1.807) is 0 Å². The lowest BCUT2D eigenvalue weighted by molar-refractivity contribution is -0.138. The van der Waals surface area contributed by atoms with Gasteiger partial charge in [-0.1, -0.05) is 12.8 Å². The number of rotatable bonds is 26. The van der Waals surface area contributed by atoms with Crippen molar-refractivity contribution >= 4 is 11.8 Å². The van der Waals surface area contributed by atoms with Crippen LogP contribution in [0.2, 0.25) is 0 Å². The van der Waals surface area contributed by atoms with E-state index in [-0.39, 0.29) is 5.78 Å². The third-order valence-electron chi connectivity index (χ3n) is 4.38. The van der Waals surface area contributed by atoms with E-state index in [0.29, 0.717) is 98.5 Å². The van der Waals surface area contributed by atoms with Gasteiger partial charge in [0.25, 0.3) is 0 Å². The topological polar surface area (TPSA) is 136 Å². The van der Waals surface area contributed by atoms with Gasteiger partial charge in [0.05, 0.1) is 72.7 Å². The molecule has 0 aliphatic heterocycles. The summed E-state index contributed by atoms with van der Waals surface area (Å²) in [4.78, 5) is 22.3. The first-order valence-corrected chi connectivity index (χ1v) is 11.5. The molecule has 0 unspecified atom stereocenters. The number of hydrogen-bond donors (Lipinski definition) is 2. The minimum Gasteiger partial charge on any atom is -0.480 e. The smallest absolute Gasteiger partial charge is 0.320 e. The SMILES string of the molecule is CCOCCOCCOCCOCCOCCOCCC(=O)CCCCC[C@H](N)C(=O)O. The van der Waals surface area contributed by atoms with Crippen molar-refractivity contribution in [2.24, 2.45) is 5.73 Å². The summed E-state index contributed by atoms with van der Waals surface area (Å²) in [6.45, 7) is 8.19. The molecule has 0 aromatic heterocycles. The van der Waals surface area contributed by atoms with E-state index in [9.17, 15) is 9.59 Å². The van der Waals surface area contributed by atoms with Gasteiger partial charge in [0.2, 0.25) is 0 Å². The van der Waals surface area contributed by atoms with Gasteiger partial charge in [-0.2, -0.15) is 0 Å². The van der Waals surface area contributed by atoms with Crippen LogP contribution in [0.25, 0.3) is 0 Å². The number of aliphatic carboxylic acids is 1. The Morgan fingerprint density at radius 1 is 0.656 bits per heavy atom. The Morgan fingerprint density at radius 3 is 1.53 bits per heavy atom. The molecule has 32 heavy (non-hydrogen) atoms. The highest BCUT2D eigenvalue weighted by molar-refractivity contribution is 5.78. The van der Waals surface area contributed by atoms with E-state index in [2.05, 4.69) is 0 Å². The molecule has 0 radical (unpaired) electrons. The van der Waals surface area contributed by atoms with Crippen LogP contribution in [0.4, 0.5) is 0 Å². The Hall–Kier alpha value is -1.14. The summed E-state index contributed by atoms with van der Waals surface area (Å²) in [7, 11) is 0. The summed E-state index contributed by atoms with van der Waals surface area (Å²) < 4.78 is 32.1. The minimum absolute atomic E-state index is 0.154. The molecule has 0 bridgehead atoms. The van der Waals surface area contributed by atoms with Crippen LogP contribution in [0.1, 0.15) is 45.4 Å². The van der Waals surface area contributed by atoms with Gasteiger partial charge >= 0.3 is 5.97 Å². The molecule has 0 heterocycles. The Labute approximate surface area is 192 Å². The van der Waals surface area contributed by atoms with Gasteiger partial charge in [0.1, 0.15) is 11.8 Å². The second-order valence-electron chi connectivity index (χ2n) is 7.09. The average Bonchev–Trinajstić information content (AvgIpc) is 2.77. The third kappa shape index (κ3) is 23.5. The zero-order valence-electron chi connectivity index (χ0n) is 19.6. The second kappa shape index (κ2) is 24.5. The maximum absolute atomic E-state index is 11.8. The van der Waals surface area contributed by atoms with Crippen molar-refractivity contribution in [1.82, 2.24) is 0 Å². The predicted octanol–water partition coefficient (Wildman–Crippen LogP) is 1.43. The molecule has 10 heteroatoms. The summed E-state index contributed by atoms with van der Waals surface area (Å²) in [6, 6.07) is -0.811. The monoisotopic (exact) mass is 465 g/mol. The molecule has 10 nitrogen and oxygen atoms in total. The van der Waals surface area contributed by atoms with E-state index >= 15 is 0 Å². The molecule has 0 fully saturated rings. The van der Waals surface area contributed by atoms with Crippen LogP contribution in [-0.2, 0) is 38.0 Å². The largest absolute Gasteiger partial charge is 0.480 e. The molecule has 0 spiro atoms. The Bertz CT molecular complexity index is 438. The van der Waals surface area contributed by atoms with Crippen LogP contribution >= 0.6 is 0 Å². The predicted molar refractivity (Wildman–Crippen MR) is 119 cm³/mol. The van der Waals surface area contributed by atoms with Gasteiger partial charge in [-0.3, -0.25) is 9.59 Å². The lowest BCUT2D eigenvalue weighted by atomic mass is 10.1. The minimum atomic E-state index is -0.980. The number of ketones is 1. The Kier molecular flexibility index (Phi) is 23.6. The van der Waals surface area contributed by atoms with Crippen LogP contribution in [0.15, 0.2) is 0 Å². The summed E-state index contributed by atoms with van der Waals surface area (Å²) >= 11 is 0. The van der Waals surface area contributed by atoms with E-state index < -0.39 is 12.0 Å². The van der Waals surface area contributed by atoms with E-state index in [1.165, 1.54) is 0 Å².